The third-order valence-corrected chi connectivity index (χ3v) is 3.27. The van der Waals surface area contributed by atoms with E-state index in [9.17, 15) is 0 Å². The number of fused-ring (bicyclic) bond motifs is 1. The van der Waals surface area contributed by atoms with Gasteiger partial charge in [-0.2, -0.15) is 0 Å². The number of rotatable bonds is 1. The standard InChI is InChI=1S/C9H17N/c1-2-10-7-3-4-8-5-6-9(8)10/h8-9H,2-7H2,1H3. The first kappa shape index (κ1) is 6.66. The van der Waals surface area contributed by atoms with E-state index in [4.69, 9.17) is 0 Å². The van der Waals surface area contributed by atoms with Gasteiger partial charge in [-0.1, -0.05) is 6.92 Å². The fourth-order valence-corrected chi connectivity index (χ4v) is 2.48. The average molecular weight is 139 g/mol. The maximum absolute atomic E-state index is 2.66. The topological polar surface area (TPSA) is 3.24 Å². The van der Waals surface area contributed by atoms with Gasteiger partial charge in [0.1, 0.15) is 0 Å². The Labute approximate surface area is 63.4 Å². The normalized spacial score (nSPS) is 40.5. The van der Waals surface area contributed by atoms with Gasteiger partial charge in [-0.25, -0.2) is 0 Å². The zero-order valence-electron chi connectivity index (χ0n) is 6.84. The molecule has 10 heavy (non-hydrogen) atoms. The molecule has 2 aliphatic rings. The maximum Gasteiger partial charge on any atom is 0.0123 e. The van der Waals surface area contributed by atoms with E-state index in [-0.39, 0.29) is 0 Å². The van der Waals surface area contributed by atoms with Crippen molar-refractivity contribution < 1.29 is 0 Å². The summed E-state index contributed by atoms with van der Waals surface area (Å²) in [6, 6.07) is 0.999. The lowest BCUT2D eigenvalue weighted by Gasteiger charge is -2.48. The highest BCUT2D eigenvalue weighted by Crippen LogP contribution is 2.38. The summed E-state index contributed by atoms with van der Waals surface area (Å²) < 4.78 is 0. The minimum atomic E-state index is 0.999. The second kappa shape index (κ2) is 2.54. The first-order valence-corrected chi connectivity index (χ1v) is 4.66. The molecule has 0 bridgehead atoms. The molecule has 0 spiro atoms. The molecule has 1 heterocycles. The van der Waals surface area contributed by atoms with E-state index < -0.39 is 0 Å². The number of hydrogen-bond acceptors (Lipinski definition) is 1. The minimum Gasteiger partial charge on any atom is -0.300 e. The summed E-state index contributed by atoms with van der Waals surface area (Å²) in [4.78, 5) is 2.66. The van der Waals surface area contributed by atoms with E-state index in [1.54, 1.807) is 0 Å². The van der Waals surface area contributed by atoms with Gasteiger partial charge in [-0.05, 0) is 44.7 Å². The molecule has 1 saturated heterocycles. The molecule has 1 aliphatic heterocycles. The molecule has 0 N–H and O–H groups in total. The van der Waals surface area contributed by atoms with Gasteiger partial charge in [0.25, 0.3) is 0 Å². The van der Waals surface area contributed by atoms with Crippen molar-refractivity contribution in [3.05, 3.63) is 0 Å². The van der Waals surface area contributed by atoms with Crippen LogP contribution in [0.15, 0.2) is 0 Å². The fraction of sp³-hybridized carbons (Fsp3) is 1.00. The van der Waals surface area contributed by atoms with Crippen molar-refractivity contribution >= 4 is 0 Å². The van der Waals surface area contributed by atoms with Crippen LogP contribution >= 0.6 is 0 Å². The third kappa shape index (κ3) is 0.878. The Bertz CT molecular complexity index is 120. The van der Waals surface area contributed by atoms with Crippen LogP contribution in [0.2, 0.25) is 0 Å². The van der Waals surface area contributed by atoms with E-state index in [1.807, 2.05) is 0 Å². The molecule has 2 fully saturated rings. The summed E-state index contributed by atoms with van der Waals surface area (Å²) >= 11 is 0. The van der Waals surface area contributed by atoms with Gasteiger partial charge in [-0.15, -0.1) is 0 Å². The predicted molar refractivity (Wildman–Crippen MR) is 43.0 cm³/mol. The molecule has 0 aromatic rings. The quantitative estimate of drug-likeness (QED) is 0.536. The van der Waals surface area contributed by atoms with Gasteiger partial charge in [0.2, 0.25) is 0 Å². The van der Waals surface area contributed by atoms with Crippen molar-refractivity contribution in [1.82, 2.24) is 4.90 Å². The van der Waals surface area contributed by atoms with E-state index in [2.05, 4.69) is 11.8 Å². The van der Waals surface area contributed by atoms with Crippen LogP contribution < -0.4 is 0 Å². The molecule has 1 saturated carbocycles. The summed E-state index contributed by atoms with van der Waals surface area (Å²) in [5.74, 6) is 1.09. The summed E-state index contributed by atoms with van der Waals surface area (Å²) in [6.07, 6.45) is 5.97. The van der Waals surface area contributed by atoms with E-state index in [1.165, 1.54) is 38.8 Å². The lowest BCUT2D eigenvalue weighted by atomic mass is 9.73. The molecule has 2 rings (SSSR count). The number of hydrogen-bond donors (Lipinski definition) is 0. The molecule has 2 atom stereocenters. The van der Waals surface area contributed by atoms with Crippen LogP contribution in [0.3, 0.4) is 0 Å². The van der Waals surface area contributed by atoms with Crippen molar-refractivity contribution in [2.75, 3.05) is 13.1 Å². The van der Waals surface area contributed by atoms with Gasteiger partial charge < -0.3 is 4.90 Å². The second-order valence-corrected chi connectivity index (χ2v) is 3.68. The highest BCUT2D eigenvalue weighted by atomic mass is 15.2. The second-order valence-electron chi connectivity index (χ2n) is 3.68. The van der Waals surface area contributed by atoms with Gasteiger partial charge in [0.15, 0.2) is 0 Å². The zero-order valence-corrected chi connectivity index (χ0v) is 6.84. The van der Waals surface area contributed by atoms with Crippen LogP contribution in [0.1, 0.15) is 32.6 Å². The summed E-state index contributed by atoms with van der Waals surface area (Å²) in [5.41, 5.74) is 0. The molecule has 1 heteroatoms. The van der Waals surface area contributed by atoms with Gasteiger partial charge in [0, 0.05) is 6.04 Å². The van der Waals surface area contributed by atoms with Crippen LogP contribution in [-0.2, 0) is 0 Å². The van der Waals surface area contributed by atoms with E-state index >= 15 is 0 Å². The Balaban J connectivity index is 1.94. The molecule has 0 radical (unpaired) electrons. The lowest BCUT2D eigenvalue weighted by Crippen LogP contribution is -2.50. The zero-order chi connectivity index (χ0) is 6.97. The Kier molecular flexibility index (Phi) is 1.69. The smallest absolute Gasteiger partial charge is 0.0123 e. The first-order valence-electron chi connectivity index (χ1n) is 4.66. The van der Waals surface area contributed by atoms with E-state index in [0.717, 1.165) is 12.0 Å². The molecule has 2 unspecified atom stereocenters. The molecule has 1 aliphatic carbocycles. The van der Waals surface area contributed by atoms with Crippen LogP contribution in [0, 0.1) is 5.92 Å². The molecule has 0 aromatic heterocycles. The Morgan fingerprint density at radius 2 is 2.20 bits per heavy atom. The molecule has 58 valence electrons. The molecule has 1 nitrogen and oxygen atoms in total. The van der Waals surface area contributed by atoms with Crippen LogP contribution in [-0.4, -0.2) is 24.0 Å². The Morgan fingerprint density at radius 3 is 2.70 bits per heavy atom. The summed E-state index contributed by atoms with van der Waals surface area (Å²) in [5, 5.41) is 0. The average Bonchev–Trinajstić information content (AvgIpc) is 1.91. The number of nitrogens with zero attached hydrogens (tertiary/aromatic N) is 1. The van der Waals surface area contributed by atoms with Crippen molar-refractivity contribution in [1.29, 1.82) is 0 Å². The van der Waals surface area contributed by atoms with Crippen molar-refractivity contribution in [3.63, 3.8) is 0 Å². The molecule has 0 aromatic carbocycles. The third-order valence-electron chi connectivity index (χ3n) is 3.27. The van der Waals surface area contributed by atoms with Crippen LogP contribution in [0.5, 0.6) is 0 Å². The van der Waals surface area contributed by atoms with Crippen molar-refractivity contribution in [2.45, 2.75) is 38.6 Å². The van der Waals surface area contributed by atoms with Gasteiger partial charge >= 0.3 is 0 Å². The van der Waals surface area contributed by atoms with Crippen molar-refractivity contribution in [3.8, 4) is 0 Å². The van der Waals surface area contributed by atoms with Crippen LogP contribution in [0.4, 0.5) is 0 Å². The highest BCUT2D eigenvalue weighted by Gasteiger charge is 2.36. The highest BCUT2D eigenvalue weighted by molar-refractivity contribution is 4.91. The first-order chi connectivity index (χ1) is 4.92. The van der Waals surface area contributed by atoms with E-state index in [0.29, 0.717) is 0 Å². The van der Waals surface area contributed by atoms with Crippen LogP contribution in [0.25, 0.3) is 0 Å². The largest absolute Gasteiger partial charge is 0.300 e. The molecular weight excluding hydrogens is 122 g/mol. The lowest BCUT2D eigenvalue weighted by molar-refractivity contribution is 0.0247. The number of likely N-dealkylation sites (tertiary alicyclic amines) is 1. The molecular formula is C9H17N. The number of piperidine rings is 1. The monoisotopic (exact) mass is 139 g/mol. The SMILES string of the molecule is CCN1CCCC2CCC21. The van der Waals surface area contributed by atoms with Gasteiger partial charge in [-0.3, -0.25) is 0 Å². The fourth-order valence-electron chi connectivity index (χ4n) is 2.48. The minimum absolute atomic E-state index is 0.999. The van der Waals surface area contributed by atoms with Gasteiger partial charge in [0.05, 0.1) is 0 Å². The summed E-state index contributed by atoms with van der Waals surface area (Å²) in [7, 11) is 0. The Morgan fingerprint density at radius 1 is 1.30 bits per heavy atom. The summed E-state index contributed by atoms with van der Waals surface area (Å²) in [6.45, 7) is 4.94. The predicted octanol–water partition coefficient (Wildman–Crippen LogP) is 1.88. The molecule has 0 amide bonds. The maximum atomic E-state index is 2.66. The Hall–Kier alpha value is -0.0400. The van der Waals surface area contributed by atoms with Crippen molar-refractivity contribution in [2.24, 2.45) is 5.92 Å².